The Kier molecular flexibility index (Phi) is 5.62. The number of anilines is 1. The summed E-state index contributed by atoms with van der Waals surface area (Å²) in [5, 5.41) is 3.08. The predicted octanol–water partition coefficient (Wildman–Crippen LogP) is 1.97. The van der Waals surface area contributed by atoms with Crippen molar-refractivity contribution in [3.05, 3.63) is 30.3 Å². The Balaban J connectivity index is 1.75. The topological polar surface area (TPSA) is 35.6 Å². The zero-order valence-corrected chi connectivity index (χ0v) is 13.4. The molecule has 0 saturated carbocycles. The standard InChI is InChI=1S/C17H27N3O/c1-14(2)15(3)18-17(21)13-19-9-11-20(12-10-19)16-7-5-4-6-8-16/h4-8,14-15H,9-13H2,1-3H3,(H,18,21). The van der Waals surface area contributed by atoms with Gasteiger partial charge in [0.25, 0.3) is 0 Å². The number of carbonyl (C=O) groups is 1. The molecule has 0 aromatic heterocycles. The van der Waals surface area contributed by atoms with Crippen LogP contribution < -0.4 is 10.2 Å². The van der Waals surface area contributed by atoms with Crippen molar-refractivity contribution in [1.29, 1.82) is 0 Å². The van der Waals surface area contributed by atoms with Gasteiger partial charge in [0.2, 0.25) is 5.91 Å². The van der Waals surface area contributed by atoms with E-state index >= 15 is 0 Å². The molecule has 2 rings (SSSR count). The molecule has 21 heavy (non-hydrogen) atoms. The van der Waals surface area contributed by atoms with Gasteiger partial charge in [-0.25, -0.2) is 0 Å². The van der Waals surface area contributed by atoms with Crippen LogP contribution in [0.1, 0.15) is 20.8 Å². The van der Waals surface area contributed by atoms with Crippen LogP contribution in [-0.4, -0.2) is 49.6 Å². The van der Waals surface area contributed by atoms with Gasteiger partial charge in [0, 0.05) is 37.9 Å². The molecule has 4 nitrogen and oxygen atoms in total. The molecular formula is C17H27N3O. The van der Waals surface area contributed by atoms with Crippen LogP contribution in [0.4, 0.5) is 5.69 Å². The quantitative estimate of drug-likeness (QED) is 0.900. The third kappa shape index (κ3) is 4.74. The van der Waals surface area contributed by atoms with Crippen molar-refractivity contribution in [2.75, 3.05) is 37.6 Å². The fourth-order valence-electron chi connectivity index (χ4n) is 2.47. The predicted molar refractivity (Wildman–Crippen MR) is 87.5 cm³/mol. The highest BCUT2D eigenvalue weighted by molar-refractivity contribution is 5.78. The van der Waals surface area contributed by atoms with Gasteiger partial charge >= 0.3 is 0 Å². The molecule has 1 aliphatic heterocycles. The Morgan fingerprint density at radius 1 is 1.10 bits per heavy atom. The van der Waals surface area contributed by atoms with Crippen molar-refractivity contribution >= 4 is 11.6 Å². The number of hydrogen-bond acceptors (Lipinski definition) is 3. The number of benzene rings is 1. The molecule has 1 N–H and O–H groups in total. The third-order valence-corrected chi connectivity index (χ3v) is 4.25. The molecule has 1 unspecified atom stereocenters. The van der Waals surface area contributed by atoms with E-state index in [-0.39, 0.29) is 11.9 Å². The van der Waals surface area contributed by atoms with Crippen LogP contribution in [0.15, 0.2) is 30.3 Å². The number of hydrogen-bond donors (Lipinski definition) is 1. The number of amides is 1. The molecule has 1 saturated heterocycles. The molecule has 0 aliphatic carbocycles. The molecule has 1 heterocycles. The molecule has 116 valence electrons. The van der Waals surface area contributed by atoms with Crippen molar-refractivity contribution in [2.24, 2.45) is 5.92 Å². The number of carbonyl (C=O) groups excluding carboxylic acids is 1. The summed E-state index contributed by atoms with van der Waals surface area (Å²) in [6.45, 7) is 10.7. The smallest absolute Gasteiger partial charge is 0.234 e. The van der Waals surface area contributed by atoms with Crippen molar-refractivity contribution in [1.82, 2.24) is 10.2 Å². The van der Waals surface area contributed by atoms with Crippen LogP contribution in [0.3, 0.4) is 0 Å². The molecule has 4 heteroatoms. The van der Waals surface area contributed by atoms with E-state index in [0.29, 0.717) is 12.5 Å². The lowest BCUT2D eigenvalue weighted by Gasteiger charge is -2.36. The highest BCUT2D eigenvalue weighted by Crippen LogP contribution is 2.15. The zero-order valence-electron chi connectivity index (χ0n) is 13.4. The first kappa shape index (κ1) is 15.8. The largest absolute Gasteiger partial charge is 0.369 e. The first-order chi connectivity index (χ1) is 10.1. The summed E-state index contributed by atoms with van der Waals surface area (Å²) in [5.74, 6) is 0.619. The number of nitrogens with zero attached hydrogens (tertiary/aromatic N) is 2. The number of piperazine rings is 1. The summed E-state index contributed by atoms with van der Waals surface area (Å²) in [6.07, 6.45) is 0. The van der Waals surface area contributed by atoms with E-state index in [1.165, 1.54) is 5.69 Å². The molecule has 1 aliphatic rings. The minimum absolute atomic E-state index is 0.143. The molecular weight excluding hydrogens is 262 g/mol. The Morgan fingerprint density at radius 3 is 2.29 bits per heavy atom. The van der Waals surface area contributed by atoms with Gasteiger partial charge in [0.15, 0.2) is 0 Å². The van der Waals surface area contributed by atoms with Crippen molar-refractivity contribution in [3.63, 3.8) is 0 Å². The highest BCUT2D eigenvalue weighted by atomic mass is 16.2. The molecule has 0 spiro atoms. The maximum absolute atomic E-state index is 12.0. The fraction of sp³-hybridized carbons (Fsp3) is 0.588. The van der Waals surface area contributed by atoms with Crippen molar-refractivity contribution < 1.29 is 4.79 Å². The summed E-state index contributed by atoms with van der Waals surface area (Å²) < 4.78 is 0. The van der Waals surface area contributed by atoms with Crippen LogP contribution in [0.25, 0.3) is 0 Å². The minimum atomic E-state index is 0.143. The van der Waals surface area contributed by atoms with Crippen LogP contribution in [0.2, 0.25) is 0 Å². The van der Waals surface area contributed by atoms with Gasteiger partial charge in [-0.15, -0.1) is 0 Å². The summed E-state index contributed by atoms with van der Waals surface area (Å²) >= 11 is 0. The molecule has 0 radical (unpaired) electrons. The maximum Gasteiger partial charge on any atom is 0.234 e. The second-order valence-electron chi connectivity index (χ2n) is 6.20. The second-order valence-corrected chi connectivity index (χ2v) is 6.20. The number of rotatable bonds is 5. The molecule has 1 aromatic rings. The van der Waals surface area contributed by atoms with Gasteiger partial charge < -0.3 is 10.2 Å². The van der Waals surface area contributed by atoms with Crippen molar-refractivity contribution in [2.45, 2.75) is 26.8 Å². The van der Waals surface area contributed by atoms with E-state index < -0.39 is 0 Å². The first-order valence-electron chi connectivity index (χ1n) is 7.88. The average Bonchev–Trinajstić information content (AvgIpc) is 2.48. The summed E-state index contributed by atoms with van der Waals surface area (Å²) in [4.78, 5) is 16.6. The Hall–Kier alpha value is -1.55. The Labute approximate surface area is 128 Å². The number of para-hydroxylation sites is 1. The van der Waals surface area contributed by atoms with Crippen LogP contribution >= 0.6 is 0 Å². The molecule has 1 amide bonds. The minimum Gasteiger partial charge on any atom is -0.369 e. The van der Waals surface area contributed by atoms with E-state index in [4.69, 9.17) is 0 Å². The first-order valence-corrected chi connectivity index (χ1v) is 7.88. The van der Waals surface area contributed by atoms with Crippen LogP contribution in [0, 0.1) is 5.92 Å². The van der Waals surface area contributed by atoms with E-state index in [2.05, 4.69) is 60.2 Å². The fourth-order valence-corrected chi connectivity index (χ4v) is 2.47. The normalized spacial score (nSPS) is 17.8. The summed E-state index contributed by atoms with van der Waals surface area (Å²) in [7, 11) is 0. The Morgan fingerprint density at radius 2 is 1.71 bits per heavy atom. The molecule has 0 bridgehead atoms. The van der Waals surface area contributed by atoms with Gasteiger partial charge in [-0.05, 0) is 25.0 Å². The monoisotopic (exact) mass is 289 g/mol. The second kappa shape index (κ2) is 7.46. The van der Waals surface area contributed by atoms with Gasteiger partial charge in [-0.3, -0.25) is 9.69 Å². The average molecular weight is 289 g/mol. The lowest BCUT2D eigenvalue weighted by molar-refractivity contribution is -0.123. The lowest BCUT2D eigenvalue weighted by atomic mass is 10.1. The van der Waals surface area contributed by atoms with E-state index in [1.807, 2.05) is 6.07 Å². The van der Waals surface area contributed by atoms with Gasteiger partial charge in [-0.2, -0.15) is 0 Å². The molecule has 1 aromatic carbocycles. The lowest BCUT2D eigenvalue weighted by Crippen LogP contribution is -2.50. The zero-order chi connectivity index (χ0) is 15.2. The van der Waals surface area contributed by atoms with Gasteiger partial charge in [0.1, 0.15) is 0 Å². The van der Waals surface area contributed by atoms with Crippen LogP contribution in [0.5, 0.6) is 0 Å². The summed E-state index contributed by atoms with van der Waals surface area (Å²) in [6, 6.07) is 10.7. The van der Waals surface area contributed by atoms with E-state index in [1.54, 1.807) is 0 Å². The Bertz CT molecular complexity index is 439. The third-order valence-electron chi connectivity index (χ3n) is 4.25. The van der Waals surface area contributed by atoms with E-state index in [9.17, 15) is 4.79 Å². The SMILES string of the molecule is CC(C)C(C)NC(=O)CN1CCN(c2ccccc2)CC1. The summed E-state index contributed by atoms with van der Waals surface area (Å²) in [5.41, 5.74) is 1.27. The molecule has 1 fully saturated rings. The van der Waals surface area contributed by atoms with E-state index in [0.717, 1.165) is 26.2 Å². The number of nitrogens with one attached hydrogen (secondary N) is 1. The highest BCUT2D eigenvalue weighted by Gasteiger charge is 2.20. The van der Waals surface area contributed by atoms with Gasteiger partial charge in [-0.1, -0.05) is 32.0 Å². The van der Waals surface area contributed by atoms with Crippen molar-refractivity contribution in [3.8, 4) is 0 Å². The maximum atomic E-state index is 12.0. The molecule has 1 atom stereocenters. The van der Waals surface area contributed by atoms with Crippen LogP contribution in [-0.2, 0) is 4.79 Å². The van der Waals surface area contributed by atoms with Gasteiger partial charge in [0.05, 0.1) is 6.54 Å².